The van der Waals surface area contributed by atoms with Gasteiger partial charge in [-0.15, -0.1) is 0 Å². The fourth-order valence-electron chi connectivity index (χ4n) is 2.56. The highest BCUT2D eigenvalue weighted by Crippen LogP contribution is 2.32. The molecule has 0 aliphatic heterocycles. The lowest BCUT2D eigenvalue weighted by atomic mass is 10.2. The lowest BCUT2D eigenvalue weighted by Gasteiger charge is -2.24. The number of pyridine rings is 1. The van der Waals surface area contributed by atoms with Crippen molar-refractivity contribution in [2.75, 3.05) is 12.8 Å². The van der Waals surface area contributed by atoms with Crippen molar-refractivity contribution in [3.63, 3.8) is 0 Å². The Balaban J connectivity index is 2.00. The van der Waals surface area contributed by atoms with Crippen LogP contribution in [0.3, 0.4) is 0 Å². The maximum Gasteiger partial charge on any atom is 0.254 e. The highest BCUT2D eigenvalue weighted by atomic mass is 35.5. The SMILES string of the molecule is CCSC1CCC(N(C)C(=O)c2ccnc(Cl)c2)C1. The van der Waals surface area contributed by atoms with E-state index in [1.54, 1.807) is 18.3 Å². The fourth-order valence-corrected chi connectivity index (χ4v) is 3.87. The Hall–Kier alpha value is -0.740. The number of halogens is 1. The summed E-state index contributed by atoms with van der Waals surface area (Å²) in [6.07, 6.45) is 4.98. The second-order valence-corrected chi connectivity index (χ2v) is 6.79. The predicted molar refractivity (Wildman–Crippen MR) is 80.9 cm³/mol. The molecule has 1 amide bonds. The molecule has 2 rings (SSSR count). The van der Waals surface area contributed by atoms with E-state index in [-0.39, 0.29) is 5.91 Å². The Bertz CT molecular complexity index is 455. The average Bonchev–Trinajstić information content (AvgIpc) is 2.86. The highest BCUT2D eigenvalue weighted by molar-refractivity contribution is 7.99. The molecule has 1 aliphatic rings. The standard InChI is InChI=1S/C14H19ClN2OS/c1-3-19-12-5-4-11(9-12)17(2)14(18)10-6-7-16-13(15)8-10/h6-8,11-12H,3-5,9H2,1-2H3. The number of carbonyl (C=O) groups excluding carboxylic acids is 1. The minimum absolute atomic E-state index is 0.0384. The molecule has 0 N–H and O–H groups in total. The van der Waals surface area contributed by atoms with Gasteiger partial charge in [-0.2, -0.15) is 11.8 Å². The van der Waals surface area contributed by atoms with Crippen LogP contribution >= 0.6 is 23.4 Å². The zero-order valence-electron chi connectivity index (χ0n) is 11.3. The van der Waals surface area contributed by atoms with Crippen molar-refractivity contribution >= 4 is 29.3 Å². The molecule has 1 heterocycles. The van der Waals surface area contributed by atoms with Crippen molar-refractivity contribution in [1.29, 1.82) is 0 Å². The van der Waals surface area contributed by atoms with Crippen LogP contribution in [0.5, 0.6) is 0 Å². The third kappa shape index (κ3) is 3.63. The number of hydrogen-bond donors (Lipinski definition) is 0. The van der Waals surface area contributed by atoms with E-state index in [1.165, 1.54) is 6.42 Å². The lowest BCUT2D eigenvalue weighted by Crippen LogP contribution is -2.35. The van der Waals surface area contributed by atoms with Gasteiger partial charge in [-0.3, -0.25) is 4.79 Å². The van der Waals surface area contributed by atoms with Gasteiger partial charge in [0.05, 0.1) is 0 Å². The van der Waals surface area contributed by atoms with Crippen LogP contribution in [0.4, 0.5) is 0 Å². The van der Waals surface area contributed by atoms with Crippen LogP contribution in [-0.2, 0) is 0 Å². The van der Waals surface area contributed by atoms with Crippen molar-refractivity contribution < 1.29 is 4.79 Å². The normalized spacial score (nSPS) is 22.5. The summed E-state index contributed by atoms with van der Waals surface area (Å²) in [7, 11) is 1.89. The lowest BCUT2D eigenvalue weighted by molar-refractivity contribution is 0.0735. The zero-order chi connectivity index (χ0) is 13.8. The summed E-state index contributed by atoms with van der Waals surface area (Å²) in [5, 5.41) is 1.07. The van der Waals surface area contributed by atoms with Gasteiger partial charge in [-0.1, -0.05) is 18.5 Å². The van der Waals surface area contributed by atoms with Crippen molar-refractivity contribution in [2.24, 2.45) is 0 Å². The van der Waals surface area contributed by atoms with Crippen molar-refractivity contribution in [3.8, 4) is 0 Å². The first-order chi connectivity index (χ1) is 9.11. The third-order valence-corrected chi connectivity index (χ3v) is 5.04. The van der Waals surface area contributed by atoms with Gasteiger partial charge >= 0.3 is 0 Å². The topological polar surface area (TPSA) is 33.2 Å². The fraction of sp³-hybridized carbons (Fsp3) is 0.571. The molecule has 0 saturated heterocycles. The molecule has 1 saturated carbocycles. The molecule has 1 aromatic rings. The van der Waals surface area contributed by atoms with Crippen LogP contribution in [0, 0.1) is 0 Å². The van der Waals surface area contributed by atoms with E-state index in [1.807, 2.05) is 23.7 Å². The molecule has 1 aromatic heterocycles. The van der Waals surface area contributed by atoms with Crippen LogP contribution in [0.2, 0.25) is 5.15 Å². The number of rotatable bonds is 4. The predicted octanol–water partition coefficient (Wildman–Crippen LogP) is 3.48. The number of thioether (sulfide) groups is 1. The molecule has 1 aliphatic carbocycles. The first kappa shape index (κ1) is 14.7. The summed E-state index contributed by atoms with van der Waals surface area (Å²) >= 11 is 7.83. The Morgan fingerprint density at radius 1 is 1.58 bits per heavy atom. The summed E-state index contributed by atoms with van der Waals surface area (Å²) in [6.45, 7) is 2.19. The first-order valence-corrected chi connectivity index (χ1v) is 8.04. The van der Waals surface area contributed by atoms with E-state index < -0.39 is 0 Å². The summed E-state index contributed by atoms with van der Waals surface area (Å²) in [4.78, 5) is 18.2. The molecular weight excluding hydrogens is 280 g/mol. The Morgan fingerprint density at radius 3 is 3.05 bits per heavy atom. The minimum atomic E-state index is 0.0384. The molecular formula is C14H19ClN2OS. The van der Waals surface area contributed by atoms with Gasteiger partial charge in [0.2, 0.25) is 0 Å². The zero-order valence-corrected chi connectivity index (χ0v) is 12.9. The molecule has 0 bridgehead atoms. The Kier molecular flexibility index (Phi) is 5.11. The summed E-state index contributed by atoms with van der Waals surface area (Å²) in [6, 6.07) is 3.70. The van der Waals surface area contributed by atoms with Crippen LogP contribution in [-0.4, -0.2) is 39.9 Å². The number of carbonyl (C=O) groups is 1. The molecule has 5 heteroatoms. The monoisotopic (exact) mass is 298 g/mol. The number of aromatic nitrogens is 1. The smallest absolute Gasteiger partial charge is 0.254 e. The average molecular weight is 299 g/mol. The second kappa shape index (κ2) is 6.62. The molecule has 2 unspecified atom stereocenters. The summed E-state index contributed by atoms with van der Waals surface area (Å²) < 4.78 is 0. The number of amides is 1. The quantitative estimate of drug-likeness (QED) is 0.798. The highest BCUT2D eigenvalue weighted by Gasteiger charge is 2.30. The molecule has 1 fully saturated rings. The number of hydrogen-bond acceptors (Lipinski definition) is 3. The van der Waals surface area contributed by atoms with E-state index in [4.69, 9.17) is 11.6 Å². The maximum atomic E-state index is 12.4. The van der Waals surface area contributed by atoms with E-state index in [0.29, 0.717) is 22.0 Å². The van der Waals surface area contributed by atoms with Gasteiger partial charge in [0.1, 0.15) is 5.15 Å². The molecule has 2 atom stereocenters. The Labute approximate surface area is 123 Å². The van der Waals surface area contributed by atoms with Gasteiger partial charge in [0.15, 0.2) is 0 Å². The molecule has 0 aromatic carbocycles. The van der Waals surface area contributed by atoms with Crippen LogP contribution in [0.25, 0.3) is 0 Å². The van der Waals surface area contributed by atoms with E-state index in [0.717, 1.165) is 18.6 Å². The molecule has 19 heavy (non-hydrogen) atoms. The second-order valence-electron chi connectivity index (χ2n) is 4.83. The van der Waals surface area contributed by atoms with Gasteiger partial charge in [0, 0.05) is 30.1 Å². The molecule has 0 spiro atoms. The van der Waals surface area contributed by atoms with Gasteiger partial charge in [-0.05, 0) is 37.1 Å². The van der Waals surface area contributed by atoms with Crippen LogP contribution in [0.1, 0.15) is 36.5 Å². The van der Waals surface area contributed by atoms with E-state index >= 15 is 0 Å². The van der Waals surface area contributed by atoms with Crippen LogP contribution in [0.15, 0.2) is 18.3 Å². The van der Waals surface area contributed by atoms with Crippen LogP contribution < -0.4 is 0 Å². The van der Waals surface area contributed by atoms with Crippen molar-refractivity contribution in [2.45, 2.75) is 37.5 Å². The van der Waals surface area contributed by atoms with E-state index in [9.17, 15) is 4.79 Å². The van der Waals surface area contributed by atoms with Crippen molar-refractivity contribution in [1.82, 2.24) is 9.88 Å². The molecule has 104 valence electrons. The largest absolute Gasteiger partial charge is 0.339 e. The van der Waals surface area contributed by atoms with Crippen molar-refractivity contribution in [3.05, 3.63) is 29.0 Å². The first-order valence-electron chi connectivity index (χ1n) is 6.62. The summed E-state index contributed by atoms with van der Waals surface area (Å²) in [5.41, 5.74) is 0.620. The maximum absolute atomic E-state index is 12.4. The number of nitrogens with zero attached hydrogens (tertiary/aromatic N) is 2. The van der Waals surface area contributed by atoms with Gasteiger partial charge < -0.3 is 4.90 Å². The molecule has 3 nitrogen and oxygen atoms in total. The third-order valence-electron chi connectivity index (χ3n) is 3.60. The van der Waals surface area contributed by atoms with Gasteiger partial charge in [-0.25, -0.2) is 4.98 Å². The Morgan fingerprint density at radius 2 is 2.37 bits per heavy atom. The van der Waals surface area contributed by atoms with Gasteiger partial charge in [0.25, 0.3) is 5.91 Å². The van der Waals surface area contributed by atoms with E-state index in [2.05, 4.69) is 11.9 Å². The molecule has 0 radical (unpaired) electrons. The minimum Gasteiger partial charge on any atom is -0.339 e. The summed E-state index contributed by atoms with van der Waals surface area (Å²) in [5.74, 6) is 1.19.